The van der Waals surface area contributed by atoms with Crippen LogP contribution >= 0.6 is 58.0 Å². The highest BCUT2D eigenvalue weighted by Crippen LogP contribution is 2.26. The molecule has 0 unspecified atom stereocenters. The van der Waals surface area contributed by atoms with E-state index in [9.17, 15) is 9.59 Å². The summed E-state index contributed by atoms with van der Waals surface area (Å²) in [7, 11) is 0. The molecule has 0 heterocycles. The van der Waals surface area contributed by atoms with E-state index in [1.54, 1.807) is 0 Å². The van der Waals surface area contributed by atoms with Gasteiger partial charge in [-0.15, -0.1) is 0 Å². The third-order valence-electron chi connectivity index (χ3n) is 0.985. The van der Waals surface area contributed by atoms with Crippen LogP contribution < -0.4 is 0 Å². The first-order valence-corrected chi connectivity index (χ1v) is 5.37. The number of allylic oxidation sites excluding steroid dienone is 1. The summed E-state index contributed by atoms with van der Waals surface area (Å²) in [6.07, 6.45) is 0.378. The van der Waals surface area contributed by atoms with Crippen molar-refractivity contribution in [1.29, 1.82) is 0 Å². The molecule has 0 fully saturated rings. The molecule has 0 amide bonds. The van der Waals surface area contributed by atoms with Gasteiger partial charge in [0, 0.05) is 6.08 Å². The van der Waals surface area contributed by atoms with Gasteiger partial charge >= 0.3 is 5.97 Å². The standard InChI is InChI=1S/C7H5Cl5O3/c8-5(9)1-4(13)2-6(14)15-3-7(10,11)12/h1H,2-3H2. The number of ketones is 1. The lowest BCUT2D eigenvalue weighted by Gasteiger charge is -2.10. The Labute approximate surface area is 111 Å². The van der Waals surface area contributed by atoms with Crippen molar-refractivity contribution in [3.63, 3.8) is 0 Å². The highest BCUT2D eigenvalue weighted by Gasteiger charge is 2.22. The van der Waals surface area contributed by atoms with Crippen molar-refractivity contribution in [2.45, 2.75) is 10.2 Å². The van der Waals surface area contributed by atoms with E-state index in [0.29, 0.717) is 0 Å². The first kappa shape index (κ1) is 15.3. The van der Waals surface area contributed by atoms with Crippen LogP contribution in [0.3, 0.4) is 0 Å². The van der Waals surface area contributed by atoms with Crippen LogP contribution in [-0.2, 0) is 14.3 Å². The summed E-state index contributed by atoms with van der Waals surface area (Å²) < 4.78 is 2.55. The number of carbonyl (C=O) groups is 2. The Balaban J connectivity index is 3.96. The predicted octanol–water partition coefficient (Wildman–Crippen LogP) is 3.18. The third-order valence-corrected chi connectivity index (χ3v) is 1.53. The molecule has 0 aliphatic rings. The number of esters is 1. The molecule has 0 aliphatic heterocycles. The number of rotatable bonds is 4. The quantitative estimate of drug-likeness (QED) is 0.346. The summed E-state index contributed by atoms with van der Waals surface area (Å²) in [6, 6.07) is 0. The summed E-state index contributed by atoms with van der Waals surface area (Å²) in [4.78, 5) is 21.9. The van der Waals surface area contributed by atoms with Gasteiger partial charge < -0.3 is 4.74 Å². The van der Waals surface area contributed by atoms with Crippen LogP contribution in [0.2, 0.25) is 0 Å². The summed E-state index contributed by atoms with van der Waals surface area (Å²) in [5.41, 5.74) is 0. The average Bonchev–Trinajstić information content (AvgIpc) is 1.97. The summed E-state index contributed by atoms with van der Waals surface area (Å²) in [5, 5.41) is 0. The zero-order valence-corrected chi connectivity index (χ0v) is 10.9. The highest BCUT2D eigenvalue weighted by atomic mass is 35.6. The molecule has 0 atom stereocenters. The van der Waals surface area contributed by atoms with Gasteiger partial charge in [0.25, 0.3) is 0 Å². The first-order chi connectivity index (χ1) is 6.70. The fourth-order valence-corrected chi connectivity index (χ4v) is 0.935. The van der Waals surface area contributed by atoms with Gasteiger partial charge in [0.05, 0.1) is 0 Å². The van der Waals surface area contributed by atoms with E-state index >= 15 is 0 Å². The second kappa shape index (κ2) is 6.81. The van der Waals surface area contributed by atoms with E-state index in [1.807, 2.05) is 0 Å². The zero-order valence-electron chi connectivity index (χ0n) is 7.11. The lowest BCUT2D eigenvalue weighted by molar-refractivity contribution is -0.145. The average molecular weight is 314 g/mol. The predicted molar refractivity (Wildman–Crippen MR) is 60.7 cm³/mol. The Kier molecular flexibility index (Phi) is 6.96. The SMILES string of the molecule is O=C(C=C(Cl)Cl)CC(=O)OCC(Cl)(Cl)Cl. The van der Waals surface area contributed by atoms with Crippen molar-refractivity contribution in [3.8, 4) is 0 Å². The molecule has 15 heavy (non-hydrogen) atoms. The minimum Gasteiger partial charge on any atom is -0.461 e. The second-order valence-electron chi connectivity index (χ2n) is 2.35. The van der Waals surface area contributed by atoms with E-state index in [2.05, 4.69) is 4.74 Å². The van der Waals surface area contributed by atoms with Crippen LogP contribution in [0.1, 0.15) is 6.42 Å². The molecule has 0 saturated heterocycles. The van der Waals surface area contributed by atoms with Gasteiger partial charge in [-0.1, -0.05) is 58.0 Å². The van der Waals surface area contributed by atoms with Gasteiger partial charge in [-0.25, -0.2) is 0 Å². The fourth-order valence-electron chi connectivity index (χ4n) is 0.528. The van der Waals surface area contributed by atoms with Crippen molar-refractivity contribution in [3.05, 3.63) is 10.6 Å². The zero-order chi connectivity index (χ0) is 12.1. The Hall–Kier alpha value is 0.330. The van der Waals surface area contributed by atoms with Crippen LogP contribution in [0.25, 0.3) is 0 Å². The van der Waals surface area contributed by atoms with Crippen LogP contribution in [0.5, 0.6) is 0 Å². The van der Waals surface area contributed by atoms with Crippen LogP contribution in [0.15, 0.2) is 10.6 Å². The third kappa shape index (κ3) is 10.6. The van der Waals surface area contributed by atoms with Gasteiger partial charge in [-0.05, 0) is 0 Å². The molecule has 3 nitrogen and oxygen atoms in total. The van der Waals surface area contributed by atoms with Gasteiger partial charge in [0.15, 0.2) is 5.78 Å². The molecule has 0 aliphatic carbocycles. The van der Waals surface area contributed by atoms with Gasteiger partial charge in [0.2, 0.25) is 3.79 Å². The minimum atomic E-state index is -1.70. The molecule has 0 rings (SSSR count). The normalized spacial score (nSPS) is 10.7. The molecule has 0 N–H and O–H groups in total. The molecule has 0 saturated carbocycles. The molecule has 0 aromatic carbocycles. The minimum absolute atomic E-state index is 0.242. The summed E-state index contributed by atoms with van der Waals surface area (Å²) in [5.74, 6) is -1.42. The number of alkyl halides is 3. The topological polar surface area (TPSA) is 43.4 Å². The lowest BCUT2D eigenvalue weighted by atomic mass is 10.3. The van der Waals surface area contributed by atoms with Crippen molar-refractivity contribution < 1.29 is 14.3 Å². The summed E-state index contributed by atoms with van der Waals surface area (Å²) in [6.45, 7) is -0.428. The second-order valence-corrected chi connectivity index (χ2v) is 5.88. The smallest absolute Gasteiger partial charge is 0.313 e. The van der Waals surface area contributed by atoms with Gasteiger partial charge in [-0.2, -0.15) is 0 Å². The van der Waals surface area contributed by atoms with E-state index in [-0.39, 0.29) is 4.49 Å². The number of halogens is 5. The van der Waals surface area contributed by atoms with Gasteiger partial charge in [-0.3, -0.25) is 9.59 Å². The molecule has 0 radical (unpaired) electrons. The molecule has 0 aromatic rings. The molecule has 86 valence electrons. The maximum atomic E-state index is 10.9. The van der Waals surface area contributed by atoms with E-state index in [4.69, 9.17) is 58.0 Å². The van der Waals surface area contributed by atoms with E-state index in [0.717, 1.165) is 6.08 Å². The number of hydrogen-bond acceptors (Lipinski definition) is 3. The number of ether oxygens (including phenoxy) is 1. The van der Waals surface area contributed by atoms with E-state index in [1.165, 1.54) is 0 Å². The fraction of sp³-hybridized carbons (Fsp3) is 0.429. The van der Waals surface area contributed by atoms with Crippen LogP contribution in [0.4, 0.5) is 0 Å². The monoisotopic (exact) mass is 312 g/mol. The van der Waals surface area contributed by atoms with Crippen molar-refractivity contribution in [2.75, 3.05) is 6.61 Å². The lowest BCUT2D eigenvalue weighted by Crippen LogP contribution is -2.18. The molecule has 0 aromatic heterocycles. The first-order valence-electron chi connectivity index (χ1n) is 3.48. The van der Waals surface area contributed by atoms with Gasteiger partial charge in [0.1, 0.15) is 17.5 Å². The molecular weight excluding hydrogens is 309 g/mol. The van der Waals surface area contributed by atoms with Crippen LogP contribution in [0, 0.1) is 0 Å². The Morgan fingerprint density at radius 3 is 2.13 bits per heavy atom. The highest BCUT2D eigenvalue weighted by molar-refractivity contribution is 6.67. The maximum Gasteiger partial charge on any atom is 0.313 e. The van der Waals surface area contributed by atoms with Crippen LogP contribution in [-0.4, -0.2) is 22.2 Å². The van der Waals surface area contributed by atoms with E-state index < -0.39 is 28.6 Å². The molecule has 0 bridgehead atoms. The molecular formula is C7H5Cl5O3. The van der Waals surface area contributed by atoms with Crippen molar-refractivity contribution >= 4 is 69.8 Å². The number of hydrogen-bond donors (Lipinski definition) is 0. The maximum absolute atomic E-state index is 10.9. The molecule has 0 spiro atoms. The Bertz CT molecular complexity index is 277. The van der Waals surface area contributed by atoms with Crippen molar-refractivity contribution in [1.82, 2.24) is 0 Å². The number of carbonyl (C=O) groups excluding carboxylic acids is 2. The Morgan fingerprint density at radius 1 is 1.20 bits per heavy atom. The van der Waals surface area contributed by atoms with Crippen molar-refractivity contribution in [2.24, 2.45) is 0 Å². The summed E-state index contributed by atoms with van der Waals surface area (Å²) >= 11 is 26.3. The molecule has 8 heteroatoms. The Morgan fingerprint density at radius 2 is 1.73 bits per heavy atom. The largest absolute Gasteiger partial charge is 0.461 e.